The average Bonchev–Trinajstić information content (AvgIpc) is 3.66. The van der Waals surface area contributed by atoms with Crippen molar-refractivity contribution in [2.75, 3.05) is 43.0 Å². The van der Waals surface area contributed by atoms with Crippen LogP contribution in [0.5, 0.6) is 0 Å². The van der Waals surface area contributed by atoms with Gasteiger partial charge in [-0.05, 0) is 57.0 Å². The standard InChI is InChI=1S/C30H37F5N8O4/c1-6-20(31)7-8-21(32)13-18-16-43(17-23(18)38-28(45)46-29(2,3)4)26-36-14-19(15-37-26)24(44)41(5)22-9-11-42(12-10-22)27-39-25(40-47-27)30(33,34)35/h6-8,14-15,18,22-23H,1,9-13,16-17H2,2-5H3,(H,38,45)/b20-7+,21-8+/t18?,23-/m0/s1. The summed E-state index contributed by atoms with van der Waals surface area (Å²) in [5.74, 6) is -3.15. The van der Waals surface area contributed by atoms with E-state index in [1.54, 1.807) is 37.6 Å². The Kier molecular flexibility index (Phi) is 10.9. The van der Waals surface area contributed by atoms with E-state index in [1.807, 2.05) is 0 Å². The molecule has 0 aromatic carbocycles. The van der Waals surface area contributed by atoms with E-state index in [4.69, 9.17) is 9.26 Å². The van der Waals surface area contributed by atoms with Crippen molar-refractivity contribution in [2.24, 2.45) is 5.92 Å². The highest BCUT2D eigenvalue weighted by Gasteiger charge is 2.39. The Labute approximate surface area is 268 Å². The lowest BCUT2D eigenvalue weighted by atomic mass is 9.99. The second-order valence-electron chi connectivity index (χ2n) is 12.3. The third-order valence-corrected chi connectivity index (χ3v) is 7.66. The number of nitrogens with one attached hydrogen (secondary N) is 1. The molecule has 0 saturated carbocycles. The third kappa shape index (κ3) is 9.48. The van der Waals surface area contributed by atoms with Gasteiger partial charge in [0.1, 0.15) is 17.3 Å². The monoisotopic (exact) mass is 668 g/mol. The molecule has 12 nitrogen and oxygen atoms in total. The van der Waals surface area contributed by atoms with Gasteiger partial charge in [-0.1, -0.05) is 6.58 Å². The molecule has 2 aliphatic heterocycles. The minimum atomic E-state index is -4.71. The number of nitrogens with zero attached hydrogens (tertiary/aromatic N) is 7. The van der Waals surface area contributed by atoms with Gasteiger partial charge in [0.05, 0.1) is 11.6 Å². The van der Waals surface area contributed by atoms with Gasteiger partial charge < -0.3 is 29.3 Å². The molecule has 2 aliphatic rings. The summed E-state index contributed by atoms with van der Waals surface area (Å²) in [6.45, 7) is 9.54. The molecule has 2 atom stereocenters. The van der Waals surface area contributed by atoms with Gasteiger partial charge in [-0.3, -0.25) is 4.79 Å². The van der Waals surface area contributed by atoms with E-state index in [9.17, 15) is 31.5 Å². The van der Waals surface area contributed by atoms with Crippen LogP contribution in [0.15, 0.2) is 53.4 Å². The number of hydrogen-bond acceptors (Lipinski definition) is 10. The maximum atomic E-state index is 14.7. The lowest BCUT2D eigenvalue weighted by Gasteiger charge is -2.35. The second kappa shape index (κ2) is 14.5. The van der Waals surface area contributed by atoms with Crippen LogP contribution in [0, 0.1) is 5.92 Å². The topological polar surface area (TPSA) is 130 Å². The van der Waals surface area contributed by atoms with E-state index >= 15 is 0 Å². The first-order valence-electron chi connectivity index (χ1n) is 14.9. The first-order chi connectivity index (χ1) is 22.0. The van der Waals surface area contributed by atoms with Crippen LogP contribution < -0.4 is 15.1 Å². The second-order valence-corrected chi connectivity index (χ2v) is 12.3. The summed E-state index contributed by atoms with van der Waals surface area (Å²) in [6.07, 6.45) is 1.10. The van der Waals surface area contributed by atoms with Gasteiger partial charge in [-0.25, -0.2) is 23.5 Å². The van der Waals surface area contributed by atoms with Crippen LogP contribution in [0.4, 0.5) is 38.7 Å². The number of piperidine rings is 1. The summed E-state index contributed by atoms with van der Waals surface area (Å²) in [5.41, 5.74) is -0.532. The smallest absolute Gasteiger partial charge is 0.444 e. The van der Waals surface area contributed by atoms with Crippen molar-refractivity contribution in [2.45, 2.75) is 63.9 Å². The molecular weight excluding hydrogens is 631 g/mol. The predicted molar refractivity (Wildman–Crippen MR) is 161 cm³/mol. The molecule has 1 unspecified atom stereocenters. The summed E-state index contributed by atoms with van der Waals surface area (Å²) < 4.78 is 76.7. The molecule has 0 bridgehead atoms. The van der Waals surface area contributed by atoms with Gasteiger partial charge in [0.2, 0.25) is 5.95 Å². The summed E-state index contributed by atoms with van der Waals surface area (Å²) in [4.78, 5) is 42.7. The maximum Gasteiger partial charge on any atom is 0.455 e. The zero-order valence-electron chi connectivity index (χ0n) is 26.4. The quantitative estimate of drug-likeness (QED) is 0.280. The van der Waals surface area contributed by atoms with Crippen LogP contribution in [0.1, 0.15) is 56.2 Å². The van der Waals surface area contributed by atoms with Gasteiger partial charge in [0.25, 0.3) is 11.7 Å². The molecule has 1 N–H and O–H groups in total. The van der Waals surface area contributed by atoms with E-state index in [-0.39, 0.29) is 49.0 Å². The Bertz CT molecular complexity index is 1480. The SMILES string of the molecule is C=C/C(F)=C\C=C(\F)CC1CN(c2ncc(C(=O)N(C)C3CCN(c4nc(C(F)(F)F)no4)CC3)cn2)C[C@@H]1NC(=O)OC(C)(C)C. The molecule has 2 aromatic heterocycles. The number of allylic oxidation sites excluding steroid dienone is 5. The van der Waals surface area contributed by atoms with Crippen molar-refractivity contribution in [3.8, 4) is 0 Å². The lowest BCUT2D eigenvalue weighted by molar-refractivity contribution is -0.146. The number of amides is 2. The van der Waals surface area contributed by atoms with Crippen molar-refractivity contribution in [1.82, 2.24) is 30.3 Å². The van der Waals surface area contributed by atoms with Crippen LogP contribution in [-0.4, -0.2) is 87.9 Å². The van der Waals surface area contributed by atoms with E-state index in [0.29, 0.717) is 25.9 Å². The minimum absolute atomic E-state index is 0.103. The zero-order chi connectivity index (χ0) is 34.5. The lowest BCUT2D eigenvalue weighted by Crippen LogP contribution is -2.45. The van der Waals surface area contributed by atoms with Gasteiger partial charge in [0, 0.05) is 64.0 Å². The number of alkyl carbamates (subject to hydrolysis) is 1. The van der Waals surface area contributed by atoms with E-state index in [2.05, 4.69) is 32.0 Å². The Morgan fingerprint density at radius 1 is 1.11 bits per heavy atom. The van der Waals surface area contributed by atoms with Crippen LogP contribution in [0.2, 0.25) is 0 Å². The molecule has 17 heteroatoms. The molecule has 2 amide bonds. The molecule has 4 rings (SSSR count). The van der Waals surface area contributed by atoms with Gasteiger partial charge in [-0.2, -0.15) is 18.2 Å². The Balaban J connectivity index is 1.38. The van der Waals surface area contributed by atoms with Crippen molar-refractivity contribution in [3.05, 3.63) is 60.2 Å². The van der Waals surface area contributed by atoms with Crippen molar-refractivity contribution in [3.63, 3.8) is 0 Å². The number of aromatic nitrogens is 4. The molecule has 256 valence electrons. The number of halogens is 5. The van der Waals surface area contributed by atoms with Crippen LogP contribution in [-0.2, 0) is 10.9 Å². The molecule has 2 aromatic rings. The number of carbonyl (C=O) groups is 2. The fraction of sp³-hybridized carbons (Fsp3) is 0.533. The van der Waals surface area contributed by atoms with E-state index in [1.165, 1.54) is 17.3 Å². The number of ether oxygens (including phenoxy) is 1. The first kappa shape index (κ1) is 35.3. The van der Waals surface area contributed by atoms with Gasteiger partial charge in [-0.15, -0.1) is 0 Å². The third-order valence-electron chi connectivity index (χ3n) is 7.66. The molecule has 2 fully saturated rings. The molecule has 47 heavy (non-hydrogen) atoms. The zero-order valence-corrected chi connectivity index (χ0v) is 26.4. The highest BCUT2D eigenvalue weighted by atomic mass is 19.4. The normalized spacial score (nSPS) is 19.9. The average molecular weight is 669 g/mol. The first-order valence-corrected chi connectivity index (χ1v) is 14.9. The Morgan fingerprint density at radius 2 is 1.77 bits per heavy atom. The van der Waals surface area contributed by atoms with Gasteiger partial charge >= 0.3 is 18.3 Å². The summed E-state index contributed by atoms with van der Waals surface area (Å²) in [7, 11) is 1.63. The maximum absolute atomic E-state index is 14.7. The fourth-order valence-electron chi connectivity index (χ4n) is 5.29. The van der Waals surface area contributed by atoms with Crippen LogP contribution >= 0.6 is 0 Å². The molecular formula is C30H37F5N8O4. The molecule has 0 spiro atoms. The van der Waals surface area contributed by atoms with Crippen LogP contribution in [0.3, 0.4) is 0 Å². The Morgan fingerprint density at radius 3 is 2.34 bits per heavy atom. The molecule has 0 aliphatic carbocycles. The molecule has 0 radical (unpaired) electrons. The van der Waals surface area contributed by atoms with Crippen molar-refractivity contribution in [1.29, 1.82) is 0 Å². The number of rotatable bonds is 9. The summed E-state index contributed by atoms with van der Waals surface area (Å²) in [5, 5.41) is 5.77. The number of alkyl halides is 3. The number of carbonyl (C=O) groups excluding carboxylic acids is 2. The highest BCUT2D eigenvalue weighted by Crippen LogP contribution is 2.30. The molecule has 2 saturated heterocycles. The highest BCUT2D eigenvalue weighted by molar-refractivity contribution is 5.93. The van der Waals surface area contributed by atoms with E-state index in [0.717, 1.165) is 18.2 Å². The number of hydrogen-bond donors (Lipinski definition) is 1. The van der Waals surface area contributed by atoms with E-state index < -0.39 is 47.3 Å². The minimum Gasteiger partial charge on any atom is -0.444 e. The predicted octanol–water partition coefficient (Wildman–Crippen LogP) is 5.23. The summed E-state index contributed by atoms with van der Waals surface area (Å²) in [6, 6.07) is -0.981. The summed E-state index contributed by atoms with van der Waals surface area (Å²) >= 11 is 0. The fourth-order valence-corrected chi connectivity index (χ4v) is 5.29. The van der Waals surface area contributed by atoms with Crippen LogP contribution in [0.25, 0.3) is 0 Å². The van der Waals surface area contributed by atoms with Gasteiger partial charge in [0.15, 0.2) is 0 Å². The number of anilines is 2. The largest absolute Gasteiger partial charge is 0.455 e. The molecule has 4 heterocycles. The van der Waals surface area contributed by atoms with Crippen molar-refractivity contribution >= 4 is 24.0 Å². The Hall–Kier alpha value is -4.57. The van der Waals surface area contributed by atoms with Crippen molar-refractivity contribution < 1.29 is 40.8 Å².